The second kappa shape index (κ2) is 7.69. The molecule has 5 heteroatoms. The molecule has 0 spiro atoms. The third kappa shape index (κ3) is 2.93. The Labute approximate surface area is 194 Å². The minimum atomic E-state index is -0.787. The van der Waals surface area contributed by atoms with E-state index in [2.05, 4.69) is 88.0 Å². The van der Waals surface area contributed by atoms with E-state index in [1.54, 1.807) is 0 Å². The largest absolute Gasteiger partial charge is 0.454 e. The van der Waals surface area contributed by atoms with Gasteiger partial charge in [-0.1, -0.05) is 78.9 Å². The van der Waals surface area contributed by atoms with E-state index < -0.39 is 11.8 Å². The first kappa shape index (κ1) is 19.4. The topological polar surface area (TPSA) is 39.7 Å². The van der Waals surface area contributed by atoms with Crippen molar-refractivity contribution in [3.8, 4) is 11.5 Å². The van der Waals surface area contributed by atoms with E-state index in [1.807, 2.05) is 30.3 Å². The van der Waals surface area contributed by atoms with E-state index in [0.717, 1.165) is 38.2 Å². The molecule has 1 atom stereocenters. The van der Waals surface area contributed by atoms with Crippen molar-refractivity contribution in [2.45, 2.75) is 11.8 Å². The van der Waals surface area contributed by atoms with Crippen LogP contribution in [0, 0.1) is 0 Å². The van der Waals surface area contributed by atoms with Crippen molar-refractivity contribution in [3.63, 3.8) is 0 Å². The number of fused-ring (bicyclic) bond motifs is 2. The van der Waals surface area contributed by atoms with E-state index in [1.165, 1.54) is 0 Å². The minimum Gasteiger partial charge on any atom is -0.454 e. The summed E-state index contributed by atoms with van der Waals surface area (Å²) in [4.78, 5) is 0. The second-order valence-electron chi connectivity index (χ2n) is 7.80. The minimum absolute atomic E-state index is 0.219. The standard InChI is InChI=1S/C27H20BrNO3/c28-24-20(15-16-23-25(24)31-17-30-23)26-29-22-14-8-7-13-21(22)27(32-26,18-9-3-1-4-10-18)19-11-5-2-6-12-19/h1-16,26,29H,17H2/t26-/m1/s1. The van der Waals surface area contributed by atoms with E-state index in [9.17, 15) is 0 Å². The molecule has 2 aliphatic heterocycles. The summed E-state index contributed by atoms with van der Waals surface area (Å²) < 4.78 is 19.1. The number of anilines is 1. The molecule has 6 rings (SSSR count). The van der Waals surface area contributed by atoms with Gasteiger partial charge in [0.1, 0.15) is 5.60 Å². The van der Waals surface area contributed by atoms with Crippen LogP contribution in [0.5, 0.6) is 11.5 Å². The van der Waals surface area contributed by atoms with Crippen molar-refractivity contribution < 1.29 is 14.2 Å². The molecule has 0 unspecified atom stereocenters. The van der Waals surface area contributed by atoms with Crippen LogP contribution in [0.3, 0.4) is 0 Å². The van der Waals surface area contributed by atoms with Crippen LogP contribution in [-0.2, 0) is 10.3 Å². The van der Waals surface area contributed by atoms with E-state index in [4.69, 9.17) is 14.2 Å². The quantitative estimate of drug-likeness (QED) is 0.354. The summed E-state index contributed by atoms with van der Waals surface area (Å²) in [5.74, 6) is 1.44. The highest BCUT2D eigenvalue weighted by Gasteiger charge is 2.45. The van der Waals surface area contributed by atoms with Gasteiger partial charge in [-0.25, -0.2) is 0 Å². The summed E-state index contributed by atoms with van der Waals surface area (Å²) in [5, 5.41) is 3.59. The molecule has 0 bridgehead atoms. The van der Waals surface area contributed by atoms with Gasteiger partial charge in [-0.05, 0) is 45.3 Å². The van der Waals surface area contributed by atoms with Crippen molar-refractivity contribution in [1.82, 2.24) is 0 Å². The molecule has 4 aromatic carbocycles. The smallest absolute Gasteiger partial charge is 0.231 e. The molecular weight excluding hydrogens is 466 g/mol. The summed E-state index contributed by atoms with van der Waals surface area (Å²) in [6.45, 7) is 0.219. The molecule has 0 radical (unpaired) electrons. The fraction of sp³-hybridized carbons (Fsp3) is 0.111. The van der Waals surface area contributed by atoms with Crippen molar-refractivity contribution in [2.75, 3.05) is 12.1 Å². The second-order valence-corrected chi connectivity index (χ2v) is 8.60. The fourth-order valence-corrected chi connectivity index (χ4v) is 5.23. The molecule has 0 aliphatic carbocycles. The normalized spacial score (nSPS) is 18.0. The van der Waals surface area contributed by atoms with E-state index in [-0.39, 0.29) is 6.79 Å². The highest BCUT2D eigenvalue weighted by atomic mass is 79.9. The highest BCUT2D eigenvalue weighted by molar-refractivity contribution is 9.10. The van der Waals surface area contributed by atoms with E-state index >= 15 is 0 Å². The Morgan fingerprint density at radius 3 is 2.12 bits per heavy atom. The summed E-state index contributed by atoms with van der Waals surface area (Å²) in [6, 6.07) is 33.1. The van der Waals surface area contributed by atoms with Gasteiger partial charge in [0, 0.05) is 16.8 Å². The van der Waals surface area contributed by atoms with Crippen LogP contribution in [0.4, 0.5) is 5.69 Å². The van der Waals surface area contributed by atoms with E-state index in [0.29, 0.717) is 5.75 Å². The van der Waals surface area contributed by atoms with Gasteiger partial charge in [-0.3, -0.25) is 0 Å². The van der Waals surface area contributed by atoms with Crippen molar-refractivity contribution >= 4 is 21.6 Å². The molecule has 158 valence electrons. The lowest BCUT2D eigenvalue weighted by Crippen LogP contribution is -2.40. The summed E-state index contributed by atoms with van der Waals surface area (Å²) in [6.07, 6.45) is -0.422. The zero-order valence-corrected chi connectivity index (χ0v) is 18.7. The third-order valence-corrected chi connectivity index (χ3v) is 6.86. The Hall–Kier alpha value is -3.28. The zero-order valence-electron chi connectivity index (χ0n) is 17.1. The number of benzene rings is 4. The lowest BCUT2D eigenvalue weighted by Gasteiger charge is -2.44. The molecule has 2 heterocycles. The summed E-state index contributed by atoms with van der Waals surface area (Å²) in [7, 11) is 0. The number of rotatable bonds is 3. The Morgan fingerprint density at radius 2 is 1.41 bits per heavy atom. The number of para-hydroxylation sites is 1. The lowest BCUT2D eigenvalue weighted by atomic mass is 9.78. The van der Waals surface area contributed by atoms with Crippen molar-refractivity contribution in [1.29, 1.82) is 0 Å². The van der Waals surface area contributed by atoms with Crippen LogP contribution in [0.1, 0.15) is 28.5 Å². The van der Waals surface area contributed by atoms with Gasteiger partial charge in [0.15, 0.2) is 17.7 Å². The SMILES string of the molecule is Brc1c([C@@H]2Nc3ccccc3C(c3ccccc3)(c3ccccc3)O2)ccc2c1OCO2. The van der Waals surface area contributed by atoms with Crippen LogP contribution >= 0.6 is 15.9 Å². The van der Waals surface area contributed by atoms with Gasteiger partial charge in [-0.2, -0.15) is 0 Å². The predicted octanol–water partition coefficient (Wildman–Crippen LogP) is 6.61. The molecule has 32 heavy (non-hydrogen) atoms. The van der Waals surface area contributed by atoms with Crippen LogP contribution in [0.15, 0.2) is 102 Å². The van der Waals surface area contributed by atoms with Gasteiger partial charge in [0.2, 0.25) is 6.79 Å². The maximum absolute atomic E-state index is 7.06. The number of halogens is 1. The average Bonchev–Trinajstić information content (AvgIpc) is 3.35. The lowest BCUT2D eigenvalue weighted by molar-refractivity contribution is -0.0436. The van der Waals surface area contributed by atoms with Gasteiger partial charge in [0.05, 0.1) is 4.47 Å². The van der Waals surface area contributed by atoms with Crippen molar-refractivity contribution in [3.05, 3.63) is 124 Å². The van der Waals surface area contributed by atoms with Gasteiger partial charge in [0.25, 0.3) is 0 Å². The van der Waals surface area contributed by atoms with Crippen LogP contribution in [0.2, 0.25) is 0 Å². The first-order valence-corrected chi connectivity index (χ1v) is 11.3. The Morgan fingerprint density at radius 1 is 0.750 bits per heavy atom. The Bertz CT molecular complexity index is 1240. The van der Waals surface area contributed by atoms with Crippen LogP contribution in [0.25, 0.3) is 0 Å². The third-order valence-electron chi connectivity index (χ3n) is 6.04. The summed E-state index contributed by atoms with van der Waals surface area (Å²) in [5.41, 5.74) is 4.40. The summed E-state index contributed by atoms with van der Waals surface area (Å²) >= 11 is 3.73. The van der Waals surface area contributed by atoms with Gasteiger partial charge in [-0.15, -0.1) is 0 Å². The fourth-order valence-electron chi connectivity index (χ4n) is 4.58. The molecule has 1 N–H and O–H groups in total. The molecule has 4 nitrogen and oxygen atoms in total. The highest BCUT2D eigenvalue weighted by Crippen LogP contribution is 2.52. The van der Waals surface area contributed by atoms with Crippen LogP contribution < -0.4 is 14.8 Å². The number of hydrogen-bond acceptors (Lipinski definition) is 4. The molecule has 0 saturated carbocycles. The van der Waals surface area contributed by atoms with Gasteiger partial charge >= 0.3 is 0 Å². The maximum atomic E-state index is 7.06. The molecule has 0 saturated heterocycles. The average molecular weight is 486 g/mol. The van der Waals surface area contributed by atoms with Crippen LogP contribution in [-0.4, -0.2) is 6.79 Å². The zero-order chi connectivity index (χ0) is 21.5. The van der Waals surface area contributed by atoms with Gasteiger partial charge < -0.3 is 19.5 Å². The predicted molar refractivity (Wildman–Crippen MR) is 127 cm³/mol. The maximum Gasteiger partial charge on any atom is 0.231 e. The number of nitrogens with one attached hydrogen (secondary N) is 1. The monoisotopic (exact) mass is 485 g/mol. The Balaban J connectivity index is 1.59. The Kier molecular flexibility index (Phi) is 4.67. The first-order valence-electron chi connectivity index (χ1n) is 10.5. The number of ether oxygens (including phenoxy) is 3. The first-order chi connectivity index (χ1) is 15.8. The molecule has 4 aromatic rings. The van der Waals surface area contributed by atoms with Crippen molar-refractivity contribution in [2.24, 2.45) is 0 Å². The molecular formula is C27H20BrNO3. The molecule has 2 aliphatic rings. The number of hydrogen-bond donors (Lipinski definition) is 1. The molecule has 0 fully saturated rings. The molecule has 0 aromatic heterocycles. The molecule has 0 amide bonds.